The quantitative estimate of drug-likeness (QED) is 0.750. The van der Waals surface area contributed by atoms with E-state index in [1.807, 2.05) is 36.4 Å². The summed E-state index contributed by atoms with van der Waals surface area (Å²) < 4.78 is 0. The van der Waals surface area contributed by atoms with Crippen LogP contribution >= 0.6 is 0 Å². The van der Waals surface area contributed by atoms with E-state index in [2.05, 4.69) is 29.6 Å². The van der Waals surface area contributed by atoms with Crippen LogP contribution in [0.25, 0.3) is 0 Å². The first-order chi connectivity index (χ1) is 10.3. The normalized spacial score (nSPS) is 20.4. The smallest absolute Gasteiger partial charge is 0.116 e. The first kappa shape index (κ1) is 14.3. The lowest BCUT2D eigenvalue weighted by Gasteiger charge is -2.42. The summed E-state index contributed by atoms with van der Waals surface area (Å²) in [4.78, 5) is 0. The number of aliphatic hydroxyl groups excluding tert-OH is 1. The first-order valence-electron chi connectivity index (χ1n) is 7.51. The van der Waals surface area contributed by atoms with E-state index < -0.39 is 11.6 Å². The molecule has 3 nitrogen and oxygen atoms in total. The summed E-state index contributed by atoms with van der Waals surface area (Å²) in [5.74, 6) is 0.280. The molecule has 1 aliphatic rings. The molecule has 1 heterocycles. The Bertz CT molecular complexity index is 523. The molecule has 2 aromatic rings. The number of aliphatic hydroxyl groups is 1. The van der Waals surface area contributed by atoms with Crippen molar-refractivity contribution in [2.45, 2.75) is 18.1 Å². The molecule has 0 aromatic heterocycles. The molecule has 0 aliphatic carbocycles. The van der Waals surface area contributed by atoms with E-state index in [1.165, 1.54) is 0 Å². The topological polar surface area (TPSA) is 58.3 Å². The van der Waals surface area contributed by atoms with Gasteiger partial charge in [-0.3, -0.25) is 0 Å². The van der Waals surface area contributed by atoms with Crippen molar-refractivity contribution in [1.29, 1.82) is 0 Å². The maximum absolute atomic E-state index is 10.6. The predicted octanol–water partition coefficient (Wildman–Crippen LogP) is 1.86. The Morgan fingerprint density at radius 3 is 1.90 bits per heavy atom. The Morgan fingerprint density at radius 1 is 1.00 bits per heavy atom. The van der Waals surface area contributed by atoms with Gasteiger partial charge >= 0.3 is 0 Å². The zero-order valence-electron chi connectivity index (χ0n) is 12.1. The third-order valence-corrected chi connectivity index (χ3v) is 4.67. The van der Waals surface area contributed by atoms with Crippen molar-refractivity contribution < 1.29 is 5.11 Å². The number of hydrogen-bond acceptors (Lipinski definition) is 3. The monoisotopic (exact) mass is 282 g/mol. The molecule has 0 saturated carbocycles. The number of benzene rings is 2. The molecule has 3 rings (SSSR count). The van der Waals surface area contributed by atoms with Crippen LogP contribution in [0.4, 0.5) is 0 Å². The van der Waals surface area contributed by atoms with Gasteiger partial charge in [0.1, 0.15) is 6.23 Å². The molecule has 3 heteroatoms. The van der Waals surface area contributed by atoms with Gasteiger partial charge in [0.05, 0.1) is 5.41 Å². The third-order valence-electron chi connectivity index (χ3n) is 4.67. The van der Waals surface area contributed by atoms with Gasteiger partial charge in [0.2, 0.25) is 0 Å². The van der Waals surface area contributed by atoms with Crippen molar-refractivity contribution in [3.05, 3.63) is 71.8 Å². The highest BCUT2D eigenvalue weighted by atomic mass is 16.3. The minimum Gasteiger partial charge on any atom is -0.378 e. The van der Waals surface area contributed by atoms with Crippen LogP contribution < -0.4 is 11.1 Å². The van der Waals surface area contributed by atoms with Crippen LogP contribution in [0.3, 0.4) is 0 Å². The molecule has 0 amide bonds. The highest BCUT2D eigenvalue weighted by Gasteiger charge is 2.47. The fraction of sp³-hybridized carbons (Fsp3) is 0.333. The van der Waals surface area contributed by atoms with Crippen LogP contribution in [-0.4, -0.2) is 24.4 Å². The molecule has 1 fully saturated rings. The summed E-state index contributed by atoms with van der Waals surface area (Å²) in [6.07, 6.45) is 0.0742. The Kier molecular flexibility index (Phi) is 4.06. The Hall–Kier alpha value is -1.68. The summed E-state index contributed by atoms with van der Waals surface area (Å²) in [6.45, 7) is 1.84. The fourth-order valence-corrected chi connectivity index (χ4v) is 3.69. The summed E-state index contributed by atoms with van der Waals surface area (Å²) >= 11 is 0. The maximum Gasteiger partial charge on any atom is 0.116 e. The Morgan fingerprint density at radius 2 is 1.52 bits per heavy atom. The van der Waals surface area contributed by atoms with Gasteiger partial charge in [0.25, 0.3) is 0 Å². The number of rotatable bonds is 4. The second-order valence-electron chi connectivity index (χ2n) is 5.74. The van der Waals surface area contributed by atoms with E-state index in [9.17, 15) is 5.11 Å². The Balaban J connectivity index is 2.21. The van der Waals surface area contributed by atoms with Crippen LogP contribution in [0.2, 0.25) is 0 Å². The van der Waals surface area contributed by atoms with Crippen molar-refractivity contribution >= 4 is 0 Å². The zero-order valence-corrected chi connectivity index (χ0v) is 12.1. The number of nitrogens with two attached hydrogens (primary N) is 1. The standard InChI is InChI=1S/C18H22N2O/c19-17(21)18(16-11-12-20-13-16,14-7-3-1-4-8-14)15-9-5-2-6-10-15/h1-10,16-17,20-21H,11-13,19H2. The molecule has 2 aromatic carbocycles. The van der Waals surface area contributed by atoms with Crippen LogP contribution in [0.5, 0.6) is 0 Å². The molecule has 4 N–H and O–H groups in total. The molecule has 2 atom stereocenters. The first-order valence-corrected chi connectivity index (χ1v) is 7.51. The van der Waals surface area contributed by atoms with Crippen molar-refractivity contribution in [3.63, 3.8) is 0 Å². The van der Waals surface area contributed by atoms with Gasteiger partial charge in [-0.15, -0.1) is 0 Å². The van der Waals surface area contributed by atoms with Crippen LogP contribution in [0.15, 0.2) is 60.7 Å². The molecule has 21 heavy (non-hydrogen) atoms. The predicted molar refractivity (Wildman–Crippen MR) is 84.8 cm³/mol. The highest BCUT2D eigenvalue weighted by Crippen LogP contribution is 2.43. The average Bonchev–Trinajstić information content (AvgIpc) is 3.04. The maximum atomic E-state index is 10.6. The minimum atomic E-state index is -0.938. The van der Waals surface area contributed by atoms with E-state index in [4.69, 9.17) is 5.73 Å². The third kappa shape index (κ3) is 2.38. The fourth-order valence-electron chi connectivity index (χ4n) is 3.69. The van der Waals surface area contributed by atoms with Crippen LogP contribution in [0.1, 0.15) is 17.5 Å². The molecule has 1 saturated heterocycles. The van der Waals surface area contributed by atoms with Crippen molar-refractivity contribution in [2.24, 2.45) is 11.7 Å². The lowest BCUT2D eigenvalue weighted by molar-refractivity contribution is 0.0752. The van der Waals surface area contributed by atoms with E-state index in [0.717, 1.165) is 30.6 Å². The van der Waals surface area contributed by atoms with Gasteiger partial charge < -0.3 is 16.2 Å². The van der Waals surface area contributed by atoms with E-state index >= 15 is 0 Å². The van der Waals surface area contributed by atoms with E-state index in [-0.39, 0.29) is 5.92 Å². The molecule has 1 aliphatic heterocycles. The van der Waals surface area contributed by atoms with Gasteiger partial charge in [0.15, 0.2) is 0 Å². The van der Waals surface area contributed by atoms with E-state index in [1.54, 1.807) is 0 Å². The van der Waals surface area contributed by atoms with Gasteiger partial charge in [-0.25, -0.2) is 0 Å². The molecular weight excluding hydrogens is 260 g/mol. The van der Waals surface area contributed by atoms with Crippen molar-refractivity contribution in [2.75, 3.05) is 13.1 Å². The lowest BCUT2D eigenvalue weighted by Crippen LogP contribution is -2.52. The van der Waals surface area contributed by atoms with Gasteiger partial charge in [-0.05, 0) is 36.6 Å². The average molecular weight is 282 g/mol. The van der Waals surface area contributed by atoms with Crippen LogP contribution in [0, 0.1) is 5.92 Å². The van der Waals surface area contributed by atoms with Gasteiger partial charge in [-0.1, -0.05) is 60.7 Å². The number of nitrogens with one attached hydrogen (secondary N) is 1. The number of hydrogen-bond donors (Lipinski definition) is 3. The SMILES string of the molecule is NC(O)C(c1ccccc1)(c1ccccc1)C1CCNC1. The largest absolute Gasteiger partial charge is 0.378 e. The summed E-state index contributed by atoms with van der Waals surface area (Å²) in [5.41, 5.74) is 7.75. The summed E-state index contributed by atoms with van der Waals surface area (Å²) in [7, 11) is 0. The van der Waals surface area contributed by atoms with Gasteiger partial charge in [-0.2, -0.15) is 0 Å². The second kappa shape index (κ2) is 5.98. The molecule has 0 radical (unpaired) electrons. The summed E-state index contributed by atoms with van der Waals surface area (Å²) in [5, 5.41) is 14.0. The van der Waals surface area contributed by atoms with Crippen molar-refractivity contribution in [3.8, 4) is 0 Å². The zero-order chi connectivity index (χ0) is 14.7. The second-order valence-corrected chi connectivity index (χ2v) is 5.74. The van der Waals surface area contributed by atoms with Crippen molar-refractivity contribution in [1.82, 2.24) is 5.32 Å². The molecule has 0 spiro atoms. The summed E-state index contributed by atoms with van der Waals surface area (Å²) in [6, 6.07) is 20.3. The van der Waals surface area contributed by atoms with E-state index in [0.29, 0.717) is 0 Å². The molecule has 110 valence electrons. The molecular formula is C18H22N2O. The highest BCUT2D eigenvalue weighted by molar-refractivity contribution is 5.42. The van der Waals surface area contributed by atoms with Crippen LogP contribution in [-0.2, 0) is 5.41 Å². The Labute approximate surface area is 125 Å². The molecule has 2 unspecified atom stereocenters. The lowest BCUT2D eigenvalue weighted by atomic mass is 9.64. The minimum absolute atomic E-state index is 0.280. The van der Waals surface area contributed by atoms with Gasteiger partial charge in [0, 0.05) is 0 Å². The molecule has 0 bridgehead atoms.